The predicted octanol–water partition coefficient (Wildman–Crippen LogP) is 22.9. The number of aryl methyl sites for hydroxylation is 17. The van der Waals surface area contributed by atoms with E-state index in [1.165, 1.54) is 145 Å². The van der Waals surface area contributed by atoms with Crippen molar-refractivity contribution in [3.8, 4) is 112 Å². The van der Waals surface area contributed by atoms with Crippen LogP contribution in [0.2, 0.25) is 0 Å². The summed E-state index contributed by atoms with van der Waals surface area (Å²) in [6.07, 6.45) is 10.4. The Hall–Kier alpha value is -12.1. The average molecular weight is 1400 g/mol. The summed E-state index contributed by atoms with van der Waals surface area (Å²) in [7, 11) is 10.4. The van der Waals surface area contributed by atoms with Gasteiger partial charge in [-0.3, -0.25) is 0 Å². The molecule has 0 N–H and O–H groups in total. The van der Waals surface area contributed by atoms with E-state index >= 15 is 0 Å². The van der Waals surface area contributed by atoms with E-state index < -0.39 is 6.85 Å². The van der Waals surface area contributed by atoms with Gasteiger partial charge in [-0.2, -0.15) is 0 Å². The maximum atomic E-state index is 7.70. The maximum absolute atomic E-state index is 7.70. The summed E-state index contributed by atoms with van der Waals surface area (Å²) >= 11 is 0. The molecule has 0 fully saturated rings. The third-order valence-corrected chi connectivity index (χ3v) is 20.1. The molecule has 15 rings (SSSR count). The zero-order chi connectivity index (χ0) is 78.3. The largest absolute Gasteiger partial charge is 0.212 e. The van der Waals surface area contributed by atoms with Crippen molar-refractivity contribution >= 4 is 0 Å². The van der Waals surface area contributed by atoms with Crippen LogP contribution in [0, 0.1) is 83.0 Å². The second kappa shape index (κ2) is 35.2. The second-order valence-corrected chi connectivity index (χ2v) is 28.6. The van der Waals surface area contributed by atoms with Crippen LogP contribution in [0.5, 0.6) is 0 Å². The topological polar surface area (TPSA) is 19.4 Å². The fourth-order valence-electron chi connectivity index (χ4n) is 14.0. The highest BCUT2D eigenvalue weighted by Crippen LogP contribution is 2.35. The Kier molecular flexibility index (Phi) is 23.6. The first kappa shape index (κ1) is 71.9. The van der Waals surface area contributed by atoms with Crippen LogP contribution in [0.3, 0.4) is 0 Å². The molecule has 5 heterocycles. The minimum atomic E-state index is -2.10. The third kappa shape index (κ3) is 19.1. The molecule has 0 aliphatic carbocycles. The molecule has 0 aliphatic heterocycles. The van der Waals surface area contributed by atoms with Crippen molar-refractivity contribution in [2.75, 3.05) is 0 Å². The molecule has 10 aromatic carbocycles. The summed E-state index contributed by atoms with van der Waals surface area (Å²) in [5.74, 6) is 0. The Balaban J connectivity index is 0.000000137. The monoisotopic (exact) mass is 1400 g/mol. The smallest absolute Gasteiger partial charge is 0.201 e. The Labute approximate surface area is 642 Å². The standard InChI is InChI=1S/2C21H22N.3C20H20N/c1-15-11-12-18(21-16(2)8-7-9-17(21)3)14-19(15)20-10-5-6-13-22(20)4;1-15-11-16(2)13-19(12-15)18-9-8-17(3)20(14-18)21-7-5-6-10-22(21)4;2*1-15-7-6-8-17(13-15)18-11-10-16(2)19(14-18)20-9-4-5-12-21(20)3;1-15-7-10-17(11-8-15)18-12-9-16(2)19(14-18)20-6-4-5-13-21(20)3/h2*5-14H,1-4H3;3*4-14H,1-3H3/q5*+1/i;1D3;;;. The van der Waals surface area contributed by atoms with E-state index in [4.69, 9.17) is 4.11 Å². The lowest BCUT2D eigenvalue weighted by Crippen LogP contribution is -2.30. The minimum Gasteiger partial charge on any atom is -0.201 e. The van der Waals surface area contributed by atoms with Crippen LogP contribution in [0.1, 0.15) is 70.9 Å². The molecule has 0 saturated heterocycles. The number of rotatable bonds is 10. The van der Waals surface area contributed by atoms with Gasteiger partial charge >= 0.3 is 0 Å². The Morgan fingerprint density at radius 3 is 0.785 bits per heavy atom. The van der Waals surface area contributed by atoms with Crippen molar-refractivity contribution in [3.05, 3.63) is 389 Å². The number of hydrogen-bond donors (Lipinski definition) is 0. The first-order chi connectivity index (χ1) is 52.8. The summed E-state index contributed by atoms with van der Waals surface area (Å²) in [6.45, 7) is 21.4. The van der Waals surface area contributed by atoms with Crippen LogP contribution in [0.25, 0.3) is 112 Å². The lowest BCUT2D eigenvalue weighted by molar-refractivity contribution is -0.660. The lowest BCUT2D eigenvalue weighted by Gasteiger charge is -2.12. The van der Waals surface area contributed by atoms with Crippen molar-refractivity contribution < 1.29 is 26.9 Å². The van der Waals surface area contributed by atoms with Crippen molar-refractivity contribution in [2.45, 2.75) is 83.0 Å². The molecule has 0 radical (unpaired) electrons. The molecule has 0 bridgehead atoms. The summed E-state index contributed by atoms with van der Waals surface area (Å²) in [6, 6.07) is 103. The van der Waals surface area contributed by atoms with E-state index in [0.717, 1.165) is 27.9 Å². The molecule has 0 unspecified atom stereocenters. The van der Waals surface area contributed by atoms with Gasteiger partial charge in [0, 0.05) is 92.6 Å². The first-order valence-electron chi connectivity index (χ1n) is 38.5. The van der Waals surface area contributed by atoms with Crippen LogP contribution in [-0.2, 0) is 35.2 Å². The summed E-state index contributed by atoms with van der Waals surface area (Å²) in [5.41, 5.74) is 38.9. The van der Waals surface area contributed by atoms with Crippen molar-refractivity contribution in [1.29, 1.82) is 0 Å². The normalized spacial score (nSPS) is 11.2. The SMILES string of the molecule is Cc1ccc(-c2c(C)cccc2C)cc1-c1cccc[n+]1C.Cc1ccc(-c2ccc(C)c(-c3cccc[n+]3C)c2)cc1.Cc1cccc(-c2ccc(C)c(-c3cccc[n+]3C)c2)c1.Cc1cccc(-c2ccc(C)c(-c3cccc[n+]3C)c2)c1.[2H]C([2H])([2H])c1cc(C)cc(-c2ccc(C)c(-c3cccc[n+]3C)c2)c1. The first-order valence-corrected chi connectivity index (χ1v) is 37.0. The van der Waals surface area contributed by atoms with Crippen molar-refractivity contribution in [1.82, 2.24) is 0 Å². The molecule has 15 aromatic rings. The Morgan fingerprint density at radius 1 is 0.187 bits per heavy atom. The van der Waals surface area contributed by atoms with Crippen molar-refractivity contribution in [3.63, 3.8) is 0 Å². The molecule has 5 nitrogen and oxygen atoms in total. The van der Waals surface area contributed by atoms with E-state index in [1.54, 1.807) is 12.1 Å². The molecule has 0 saturated carbocycles. The molecular weight excluding hydrogens is 1300 g/mol. The summed E-state index contributed by atoms with van der Waals surface area (Å²) in [5, 5.41) is 0. The summed E-state index contributed by atoms with van der Waals surface area (Å²) in [4.78, 5) is 0. The lowest BCUT2D eigenvalue weighted by atomic mass is 9.92. The maximum Gasteiger partial charge on any atom is 0.212 e. The molecule has 5 heteroatoms. The van der Waals surface area contributed by atoms with Gasteiger partial charge < -0.3 is 0 Å². The second-order valence-electron chi connectivity index (χ2n) is 28.6. The molecule has 532 valence electrons. The van der Waals surface area contributed by atoms with E-state index in [2.05, 4.69) is 406 Å². The van der Waals surface area contributed by atoms with Gasteiger partial charge in [0.15, 0.2) is 31.0 Å². The average Bonchev–Trinajstić information content (AvgIpc) is 0.885. The predicted molar refractivity (Wildman–Crippen MR) is 449 cm³/mol. The zero-order valence-electron chi connectivity index (χ0n) is 68.3. The van der Waals surface area contributed by atoms with E-state index in [0.29, 0.717) is 5.56 Å². The fraction of sp³-hybridized carbons (Fsp3) is 0.167. The number of pyridine rings is 5. The molecule has 5 aromatic heterocycles. The number of nitrogens with zero attached hydrogens (tertiary/aromatic N) is 5. The van der Waals surface area contributed by atoms with Crippen molar-refractivity contribution in [2.24, 2.45) is 35.2 Å². The molecule has 0 spiro atoms. The van der Waals surface area contributed by atoms with E-state index in [9.17, 15) is 0 Å². The van der Waals surface area contributed by atoms with Gasteiger partial charge in [-0.15, -0.1) is 0 Å². The van der Waals surface area contributed by atoms with E-state index in [-0.39, 0.29) is 0 Å². The molecule has 0 aliphatic rings. The number of benzene rings is 10. The number of hydrogen-bond acceptors (Lipinski definition) is 0. The van der Waals surface area contributed by atoms with Crippen LogP contribution in [-0.4, -0.2) is 0 Å². The van der Waals surface area contributed by atoms with Crippen LogP contribution in [0.4, 0.5) is 0 Å². The van der Waals surface area contributed by atoms with E-state index in [1.807, 2.05) is 38.4 Å². The number of aromatic nitrogens is 5. The van der Waals surface area contributed by atoms with Crippen LogP contribution < -0.4 is 22.8 Å². The highest BCUT2D eigenvalue weighted by molar-refractivity contribution is 5.79. The molecular formula is C102H104N5+5. The zero-order valence-corrected chi connectivity index (χ0v) is 65.3. The van der Waals surface area contributed by atoms with Gasteiger partial charge in [0.25, 0.3) is 0 Å². The van der Waals surface area contributed by atoms with Gasteiger partial charge in [0.1, 0.15) is 35.2 Å². The minimum absolute atomic E-state index is 0.384. The van der Waals surface area contributed by atoms with Gasteiger partial charge in [0.2, 0.25) is 28.5 Å². The van der Waals surface area contributed by atoms with Crippen LogP contribution >= 0.6 is 0 Å². The Bertz CT molecular complexity index is 5590. The summed E-state index contributed by atoms with van der Waals surface area (Å²) < 4.78 is 33.9. The third-order valence-electron chi connectivity index (χ3n) is 20.1. The van der Waals surface area contributed by atoms with Gasteiger partial charge in [0.05, 0.1) is 0 Å². The van der Waals surface area contributed by atoms with Gasteiger partial charge in [-0.05, 0) is 238 Å². The molecule has 0 amide bonds. The molecule has 107 heavy (non-hydrogen) atoms. The van der Waals surface area contributed by atoms with Gasteiger partial charge in [-0.25, -0.2) is 22.8 Å². The Morgan fingerprint density at radius 2 is 0.458 bits per heavy atom. The quantitative estimate of drug-likeness (QED) is 0.122. The fourth-order valence-corrected chi connectivity index (χ4v) is 14.0. The highest BCUT2D eigenvalue weighted by Gasteiger charge is 2.19. The van der Waals surface area contributed by atoms with Crippen LogP contribution in [0.15, 0.2) is 322 Å². The molecule has 0 atom stereocenters. The van der Waals surface area contributed by atoms with Gasteiger partial charge in [-0.1, -0.05) is 198 Å². The highest BCUT2D eigenvalue weighted by atomic mass is 14.9.